The maximum Gasteiger partial charge on any atom is 0.133 e. The van der Waals surface area contributed by atoms with Gasteiger partial charge in [-0.15, -0.1) is 11.8 Å². The van der Waals surface area contributed by atoms with Crippen LogP contribution in [0.25, 0.3) is 0 Å². The molecule has 0 saturated heterocycles. The molecule has 0 spiro atoms. The second kappa shape index (κ2) is 16.3. The van der Waals surface area contributed by atoms with Gasteiger partial charge in [-0.2, -0.15) is 5.26 Å². The highest BCUT2D eigenvalue weighted by Gasteiger charge is 2.40. The molecule has 0 aromatic heterocycles. The summed E-state index contributed by atoms with van der Waals surface area (Å²) in [7, 11) is 0. The zero-order chi connectivity index (χ0) is 40.0. The second-order valence-electron chi connectivity index (χ2n) is 17.0. The van der Waals surface area contributed by atoms with Crippen LogP contribution in [-0.2, 0) is 0 Å². The summed E-state index contributed by atoms with van der Waals surface area (Å²) in [5.74, 6) is 1.62. The van der Waals surface area contributed by atoms with Crippen LogP contribution in [-0.4, -0.2) is 29.5 Å². The van der Waals surface area contributed by atoms with Crippen molar-refractivity contribution in [3.8, 4) is 6.07 Å². The van der Waals surface area contributed by atoms with E-state index in [4.69, 9.17) is 4.99 Å². The Labute approximate surface area is 363 Å². The lowest BCUT2D eigenvalue weighted by molar-refractivity contribution is 0.312. The number of amidine groups is 1. The molecular weight excluding hydrogens is 773 g/mol. The average molecular weight is 823 g/mol. The molecule has 2 aromatic carbocycles. The van der Waals surface area contributed by atoms with Crippen molar-refractivity contribution in [1.29, 1.82) is 5.26 Å². The number of anilines is 3. The van der Waals surface area contributed by atoms with E-state index in [-0.39, 0.29) is 23.6 Å². The topological polar surface area (TPSA) is 66.7 Å². The highest BCUT2D eigenvalue weighted by atomic mass is 32.2. The molecule has 0 bridgehead atoms. The smallest absolute Gasteiger partial charge is 0.133 e. The number of nitrogens with zero attached hydrogens (tertiary/aromatic N) is 4. The van der Waals surface area contributed by atoms with Crippen LogP contribution in [0.15, 0.2) is 176 Å². The summed E-state index contributed by atoms with van der Waals surface area (Å²) in [6, 6.07) is 16.2. The maximum absolute atomic E-state index is 11.3. The minimum Gasteiger partial charge on any atom is -0.354 e. The molecule has 0 saturated carbocycles. The van der Waals surface area contributed by atoms with Gasteiger partial charge in [0.2, 0.25) is 0 Å². The highest BCUT2D eigenvalue weighted by Crippen LogP contribution is 2.53. The van der Waals surface area contributed by atoms with Gasteiger partial charge in [-0.1, -0.05) is 127 Å². The Balaban J connectivity index is 1.11. The molecule has 6 unspecified atom stereocenters. The van der Waals surface area contributed by atoms with Crippen LogP contribution in [0, 0.1) is 23.2 Å². The van der Waals surface area contributed by atoms with E-state index in [1.807, 2.05) is 23.5 Å². The largest absolute Gasteiger partial charge is 0.354 e. The molecule has 300 valence electrons. The van der Waals surface area contributed by atoms with Crippen molar-refractivity contribution in [2.75, 3.05) is 9.80 Å². The molecule has 60 heavy (non-hydrogen) atoms. The highest BCUT2D eigenvalue weighted by molar-refractivity contribution is 8.04. The molecule has 0 fully saturated rings. The molecule has 6 aliphatic carbocycles. The van der Waals surface area contributed by atoms with Crippen molar-refractivity contribution in [1.82, 2.24) is 10.6 Å². The lowest BCUT2D eigenvalue weighted by Crippen LogP contribution is -2.58. The van der Waals surface area contributed by atoms with Crippen LogP contribution in [0.2, 0.25) is 0 Å². The number of hydrogen-bond donors (Lipinski definition) is 2. The van der Waals surface area contributed by atoms with E-state index in [2.05, 4.69) is 160 Å². The van der Waals surface area contributed by atoms with E-state index in [0.717, 1.165) is 80.6 Å². The molecule has 0 radical (unpaired) electrons. The summed E-state index contributed by atoms with van der Waals surface area (Å²) < 4.78 is 0. The van der Waals surface area contributed by atoms with Gasteiger partial charge in [0.05, 0.1) is 40.1 Å². The van der Waals surface area contributed by atoms with Gasteiger partial charge in [-0.25, -0.2) is 4.99 Å². The Kier molecular flexibility index (Phi) is 10.3. The summed E-state index contributed by atoms with van der Waals surface area (Å²) in [5.41, 5.74) is 10.3. The maximum atomic E-state index is 11.3. The van der Waals surface area contributed by atoms with Crippen molar-refractivity contribution < 1.29 is 0 Å². The fourth-order valence-electron chi connectivity index (χ4n) is 10.4. The number of nitrogens with one attached hydrogen (secondary N) is 2. The number of rotatable bonds is 6. The minimum absolute atomic E-state index is 0.0249. The SMILES string of the molecule is N#Cc1cc(C2=NC(C3=CC=CCC3)NC(C3C=C(C4C=CC=CC4)CCC3)N2)c(N2C3=C(C=CCC3)Sc3ccccc32)cc1N1C2=C(C=CCC2)SC2C=CC=CC21. The van der Waals surface area contributed by atoms with Crippen LogP contribution in [0.4, 0.5) is 17.1 Å². The number of benzene rings is 2. The first kappa shape index (κ1) is 37.8. The standard InChI is InChI=1S/C52H50N6S2/c53-33-38-31-39(52-55-50(35-18-5-2-6-19-35)54-51(56-52)37-21-15-20-36(30-37)34-16-3-1-4-17-34)45(58-42-24-9-13-28-48(42)60-49-29-14-10-25-43(49)58)32-44(38)57-40-22-7-11-26-46(40)59-47-27-12-8-23-41(47)57/h1-5,7,9,11-14,16,18,22,24,26-32,34,37,40,46,50-51,54H,6,8,10,15,17,19-21,23,25H2,(H,55,56). The fourth-order valence-corrected chi connectivity index (χ4v) is 12.8. The Morgan fingerprint density at radius 3 is 2.50 bits per heavy atom. The monoisotopic (exact) mass is 822 g/mol. The molecule has 2 aromatic rings. The Morgan fingerprint density at radius 2 is 1.63 bits per heavy atom. The summed E-state index contributed by atoms with van der Waals surface area (Å²) in [5, 5.41) is 19.6. The minimum atomic E-state index is -0.178. The second-order valence-corrected chi connectivity index (χ2v) is 19.3. The Morgan fingerprint density at radius 1 is 0.783 bits per heavy atom. The third-order valence-electron chi connectivity index (χ3n) is 13.3. The number of para-hydroxylation sites is 1. The van der Waals surface area contributed by atoms with E-state index in [1.165, 1.54) is 43.8 Å². The van der Waals surface area contributed by atoms with E-state index in [0.29, 0.717) is 17.4 Å². The molecule has 9 aliphatic rings. The van der Waals surface area contributed by atoms with Gasteiger partial charge < -0.3 is 15.1 Å². The molecule has 0 amide bonds. The third-order valence-corrected chi connectivity index (χ3v) is 15.8. The van der Waals surface area contributed by atoms with Gasteiger partial charge in [0.1, 0.15) is 18.1 Å². The van der Waals surface area contributed by atoms with Gasteiger partial charge >= 0.3 is 0 Å². The van der Waals surface area contributed by atoms with Crippen molar-refractivity contribution in [2.45, 2.75) is 92.7 Å². The number of aliphatic imine (C=N–C) groups is 1. The number of allylic oxidation sites excluding steroid dienone is 16. The van der Waals surface area contributed by atoms with Crippen molar-refractivity contribution in [3.05, 3.63) is 177 Å². The molecule has 8 heteroatoms. The quantitative estimate of drug-likeness (QED) is 0.281. The van der Waals surface area contributed by atoms with Crippen LogP contribution >= 0.6 is 23.5 Å². The first-order valence-corrected chi connectivity index (χ1v) is 23.7. The molecule has 6 atom stereocenters. The van der Waals surface area contributed by atoms with E-state index >= 15 is 0 Å². The average Bonchev–Trinajstić information content (AvgIpc) is 3.32. The predicted molar refractivity (Wildman–Crippen MR) is 251 cm³/mol. The fraction of sp³-hybridized carbons (Fsp3) is 0.308. The van der Waals surface area contributed by atoms with Crippen molar-refractivity contribution in [2.24, 2.45) is 16.8 Å². The van der Waals surface area contributed by atoms with Crippen LogP contribution in [0.5, 0.6) is 0 Å². The molecule has 11 rings (SSSR count). The third kappa shape index (κ3) is 6.95. The van der Waals surface area contributed by atoms with Crippen LogP contribution in [0.1, 0.15) is 75.3 Å². The lowest BCUT2D eigenvalue weighted by Gasteiger charge is -2.45. The van der Waals surface area contributed by atoms with Gasteiger partial charge in [0.15, 0.2) is 0 Å². The normalized spacial score (nSPS) is 28.9. The number of thioether (sulfide) groups is 2. The zero-order valence-electron chi connectivity index (χ0n) is 33.8. The predicted octanol–water partition coefficient (Wildman–Crippen LogP) is 12.1. The number of nitriles is 1. The number of fused-ring (bicyclic) bond motifs is 2. The Bertz CT molecular complexity index is 2530. The van der Waals surface area contributed by atoms with Gasteiger partial charge in [-0.05, 0) is 94.0 Å². The summed E-state index contributed by atoms with van der Waals surface area (Å²) in [6.07, 6.45) is 46.8. The Hall–Kier alpha value is -5.20. The molecule has 3 heterocycles. The molecular formula is C52H50N6S2. The van der Waals surface area contributed by atoms with Crippen molar-refractivity contribution >= 4 is 46.4 Å². The lowest BCUT2D eigenvalue weighted by atomic mass is 9.80. The van der Waals surface area contributed by atoms with E-state index in [1.54, 1.807) is 5.57 Å². The summed E-state index contributed by atoms with van der Waals surface area (Å²) >= 11 is 3.82. The summed E-state index contributed by atoms with van der Waals surface area (Å²) in [6.45, 7) is 0. The zero-order valence-corrected chi connectivity index (χ0v) is 35.5. The molecule has 6 nitrogen and oxygen atoms in total. The van der Waals surface area contributed by atoms with Gasteiger partial charge in [0.25, 0.3) is 0 Å². The van der Waals surface area contributed by atoms with Gasteiger partial charge in [-0.3, -0.25) is 5.32 Å². The van der Waals surface area contributed by atoms with Crippen molar-refractivity contribution in [3.63, 3.8) is 0 Å². The summed E-state index contributed by atoms with van der Waals surface area (Å²) in [4.78, 5) is 14.5. The number of hydrogen-bond acceptors (Lipinski definition) is 8. The first-order chi connectivity index (χ1) is 29.7. The first-order valence-electron chi connectivity index (χ1n) is 22.0. The van der Waals surface area contributed by atoms with Crippen LogP contribution in [0.3, 0.4) is 0 Å². The van der Waals surface area contributed by atoms with E-state index < -0.39 is 0 Å². The van der Waals surface area contributed by atoms with Crippen LogP contribution < -0.4 is 20.4 Å². The molecule has 3 aliphatic heterocycles. The molecule has 2 N–H and O–H groups in total. The van der Waals surface area contributed by atoms with Gasteiger partial charge in [0, 0.05) is 43.5 Å². The van der Waals surface area contributed by atoms with E-state index in [9.17, 15) is 5.26 Å².